The minimum atomic E-state index is -0.284. The molecule has 7 heteroatoms. The fourth-order valence-corrected chi connectivity index (χ4v) is 2.82. The summed E-state index contributed by atoms with van der Waals surface area (Å²) in [6.45, 7) is 7.77. The first-order valence-corrected chi connectivity index (χ1v) is 7.86. The molecule has 3 heterocycles. The van der Waals surface area contributed by atoms with Crippen LogP contribution in [0.15, 0.2) is 40.3 Å². The number of amides is 1. The molecule has 0 aliphatic rings. The molecule has 0 spiro atoms. The number of aromatic nitrogens is 3. The second-order valence-corrected chi connectivity index (χ2v) is 6.10. The minimum absolute atomic E-state index is 0.202. The first-order chi connectivity index (χ1) is 11.8. The van der Waals surface area contributed by atoms with Gasteiger partial charge < -0.3 is 9.32 Å². The molecule has 0 atom stereocenters. The average Bonchev–Trinajstić information content (AvgIpc) is 3.12. The molecule has 1 amide bonds. The Morgan fingerprint density at radius 2 is 2.08 bits per heavy atom. The molecule has 0 N–H and O–H groups in total. The molecule has 0 aliphatic heterocycles. The molecule has 0 aromatic carbocycles. The Morgan fingerprint density at radius 1 is 1.36 bits per heavy atom. The van der Waals surface area contributed by atoms with Crippen LogP contribution in [0.5, 0.6) is 0 Å². The van der Waals surface area contributed by atoms with Crippen molar-refractivity contribution in [3.8, 4) is 11.3 Å². The van der Waals surface area contributed by atoms with E-state index in [1.54, 1.807) is 41.5 Å². The zero-order chi connectivity index (χ0) is 18.3. The first-order valence-electron chi connectivity index (χ1n) is 7.86. The van der Waals surface area contributed by atoms with Crippen LogP contribution in [0, 0.1) is 13.8 Å². The van der Waals surface area contributed by atoms with Gasteiger partial charge in [0, 0.05) is 38.6 Å². The van der Waals surface area contributed by atoms with E-state index in [1.807, 2.05) is 19.9 Å². The van der Waals surface area contributed by atoms with Crippen LogP contribution in [0.4, 0.5) is 0 Å². The Labute approximate surface area is 144 Å². The number of nitrogens with zero attached hydrogens (tertiary/aromatic N) is 4. The summed E-state index contributed by atoms with van der Waals surface area (Å²) in [6, 6.07) is 1.89. The lowest BCUT2D eigenvalue weighted by Crippen LogP contribution is -2.24. The van der Waals surface area contributed by atoms with Crippen LogP contribution in [0.2, 0.25) is 0 Å². The van der Waals surface area contributed by atoms with Crippen molar-refractivity contribution in [3.05, 3.63) is 58.7 Å². The molecule has 7 nitrogen and oxygen atoms in total. The van der Waals surface area contributed by atoms with Crippen molar-refractivity contribution in [3.63, 3.8) is 0 Å². The molecule has 0 saturated heterocycles. The van der Waals surface area contributed by atoms with E-state index in [9.17, 15) is 9.59 Å². The number of carbonyl (C=O) groups excluding carboxylic acids is 1. The predicted molar refractivity (Wildman–Crippen MR) is 94.8 cm³/mol. The fourth-order valence-electron chi connectivity index (χ4n) is 2.82. The van der Waals surface area contributed by atoms with E-state index in [4.69, 9.17) is 4.42 Å². The van der Waals surface area contributed by atoms with E-state index in [0.29, 0.717) is 12.2 Å². The third-order valence-corrected chi connectivity index (χ3v) is 3.97. The monoisotopic (exact) mass is 340 g/mol. The van der Waals surface area contributed by atoms with Crippen molar-refractivity contribution >= 4 is 11.6 Å². The third kappa shape index (κ3) is 2.77. The number of furan rings is 1. The number of hydrogen-bond donors (Lipinski definition) is 0. The van der Waals surface area contributed by atoms with Gasteiger partial charge in [-0.2, -0.15) is 0 Å². The van der Waals surface area contributed by atoms with Gasteiger partial charge in [0.05, 0.1) is 5.69 Å². The van der Waals surface area contributed by atoms with Crippen molar-refractivity contribution < 1.29 is 9.21 Å². The van der Waals surface area contributed by atoms with Gasteiger partial charge in [0.25, 0.3) is 11.5 Å². The quantitative estimate of drug-likeness (QED) is 0.683. The van der Waals surface area contributed by atoms with Gasteiger partial charge in [0.1, 0.15) is 17.2 Å². The Kier molecular flexibility index (Phi) is 4.08. The van der Waals surface area contributed by atoms with Crippen LogP contribution in [0.25, 0.3) is 16.9 Å². The molecule has 0 fully saturated rings. The first kappa shape index (κ1) is 16.8. The smallest absolute Gasteiger partial charge is 0.295 e. The predicted octanol–water partition coefficient (Wildman–Crippen LogP) is 2.26. The highest BCUT2D eigenvalue weighted by molar-refractivity contribution is 5.92. The molecular formula is C18H20N4O3. The molecule has 130 valence electrons. The minimum Gasteiger partial charge on any atom is -0.466 e. The second-order valence-electron chi connectivity index (χ2n) is 6.10. The normalized spacial score (nSPS) is 11.0. The summed E-state index contributed by atoms with van der Waals surface area (Å²) in [4.78, 5) is 30.7. The van der Waals surface area contributed by atoms with Gasteiger partial charge in [-0.3, -0.25) is 18.6 Å². The summed E-state index contributed by atoms with van der Waals surface area (Å²) in [6.07, 6.45) is 5.01. The summed E-state index contributed by atoms with van der Waals surface area (Å²) < 4.78 is 8.77. The molecule has 0 unspecified atom stereocenters. The van der Waals surface area contributed by atoms with Gasteiger partial charge in [-0.25, -0.2) is 4.98 Å². The van der Waals surface area contributed by atoms with Crippen molar-refractivity contribution in [1.29, 1.82) is 0 Å². The zero-order valence-electron chi connectivity index (χ0n) is 14.7. The Hall–Kier alpha value is -3.09. The largest absolute Gasteiger partial charge is 0.466 e. The maximum Gasteiger partial charge on any atom is 0.295 e. The molecular weight excluding hydrogens is 320 g/mol. The van der Waals surface area contributed by atoms with Gasteiger partial charge in [-0.15, -0.1) is 6.58 Å². The lowest BCUT2D eigenvalue weighted by Gasteiger charge is -2.11. The Bertz CT molecular complexity index is 1040. The van der Waals surface area contributed by atoms with Crippen molar-refractivity contribution in [1.82, 2.24) is 18.9 Å². The number of rotatable bonds is 4. The molecule has 3 rings (SSSR count). The standard InChI is InChI=1S/C18H20N4O3/c1-6-7-22-15(13-8-11(2)25-12(13)3)10-21-9-14(17(23)20(4)5)19-16(21)18(22)24/h6,8-10H,1,7H2,2-5H3. The van der Waals surface area contributed by atoms with E-state index >= 15 is 0 Å². The van der Waals surface area contributed by atoms with Crippen molar-refractivity contribution in [2.75, 3.05) is 14.1 Å². The van der Waals surface area contributed by atoms with Crippen molar-refractivity contribution in [2.45, 2.75) is 20.4 Å². The van der Waals surface area contributed by atoms with Crippen LogP contribution in [0.1, 0.15) is 22.0 Å². The number of imidazole rings is 1. The highest BCUT2D eigenvalue weighted by Gasteiger charge is 2.19. The van der Waals surface area contributed by atoms with Gasteiger partial charge in [-0.05, 0) is 19.9 Å². The average molecular weight is 340 g/mol. The SMILES string of the molecule is C=CCn1c(-c2cc(C)oc2C)cn2cc(C(=O)N(C)C)nc2c1=O. The van der Waals surface area contributed by atoms with E-state index in [2.05, 4.69) is 11.6 Å². The molecule has 0 aliphatic carbocycles. The molecule has 25 heavy (non-hydrogen) atoms. The maximum absolute atomic E-state index is 12.9. The van der Waals surface area contributed by atoms with Gasteiger partial charge in [0.2, 0.25) is 5.65 Å². The number of aryl methyl sites for hydroxylation is 2. The summed E-state index contributed by atoms with van der Waals surface area (Å²) in [5.41, 5.74) is 1.66. The molecule has 0 bridgehead atoms. The second kappa shape index (κ2) is 6.08. The summed E-state index contributed by atoms with van der Waals surface area (Å²) in [5, 5.41) is 0. The van der Waals surface area contributed by atoms with Gasteiger partial charge in [-0.1, -0.05) is 6.08 Å². The maximum atomic E-state index is 12.9. The summed E-state index contributed by atoms with van der Waals surface area (Å²) >= 11 is 0. The van der Waals surface area contributed by atoms with Crippen LogP contribution in [-0.2, 0) is 6.54 Å². The lowest BCUT2D eigenvalue weighted by molar-refractivity contribution is 0.0822. The zero-order valence-corrected chi connectivity index (χ0v) is 14.7. The van der Waals surface area contributed by atoms with E-state index in [-0.39, 0.29) is 22.8 Å². The van der Waals surface area contributed by atoms with Crippen LogP contribution >= 0.6 is 0 Å². The third-order valence-electron chi connectivity index (χ3n) is 3.97. The van der Waals surface area contributed by atoms with Crippen LogP contribution in [-0.4, -0.2) is 38.9 Å². The number of allylic oxidation sites excluding steroid dienone is 1. The fraction of sp³-hybridized carbons (Fsp3) is 0.278. The van der Waals surface area contributed by atoms with Crippen LogP contribution in [0.3, 0.4) is 0 Å². The van der Waals surface area contributed by atoms with Gasteiger partial charge >= 0.3 is 0 Å². The van der Waals surface area contributed by atoms with E-state index < -0.39 is 0 Å². The molecule has 0 saturated carbocycles. The van der Waals surface area contributed by atoms with Crippen LogP contribution < -0.4 is 5.56 Å². The Morgan fingerprint density at radius 3 is 2.64 bits per heavy atom. The highest BCUT2D eigenvalue weighted by Crippen LogP contribution is 2.26. The van der Waals surface area contributed by atoms with E-state index in [0.717, 1.165) is 17.1 Å². The van der Waals surface area contributed by atoms with E-state index in [1.165, 1.54) is 4.90 Å². The number of fused-ring (bicyclic) bond motifs is 1. The number of hydrogen-bond acceptors (Lipinski definition) is 4. The Balaban J connectivity index is 2.31. The summed E-state index contributed by atoms with van der Waals surface area (Å²) in [7, 11) is 3.29. The lowest BCUT2D eigenvalue weighted by atomic mass is 10.2. The topological polar surface area (TPSA) is 72.8 Å². The molecule has 3 aromatic rings. The summed E-state index contributed by atoms with van der Waals surface area (Å²) in [5.74, 6) is 1.23. The molecule has 0 radical (unpaired) electrons. The van der Waals surface area contributed by atoms with Crippen molar-refractivity contribution in [2.24, 2.45) is 0 Å². The number of carbonyl (C=O) groups is 1. The van der Waals surface area contributed by atoms with Gasteiger partial charge in [0.15, 0.2) is 0 Å². The highest BCUT2D eigenvalue weighted by atomic mass is 16.3. The molecule has 3 aromatic heterocycles.